The van der Waals surface area contributed by atoms with E-state index in [9.17, 15) is 19.5 Å². The molecule has 1 N–H and O–H groups in total. The van der Waals surface area contributed by atoms with Crippen molar-refractivity contribution >= 4 is 29.1 Å². The van der Waals surface area contributed by atoms with Crippen LogP contribution in [0.5, 0.6) is 5.75 Å². The Balaban J connectivity index is 1.98. The number of carboxylic acids is 1. The van der Waals surface area contributed by atoms with Crippen molar-refractivity contribution in [3.8, 4) is 5.75 Å². The van der Waals surface area contributed by atoms with Gasteiger partial charge in [-0.1, -0.05) is 39.3 Å². The molecule has 0 radical (unpaired) electrons. The molecule has 3 aliphatic rings. The number of benzene rings is 1. The minimum Gasteiger partial charge on any atom is -0.482 e. The zero-order valence-corrected chi connectivity index (χ0v) is 23.0. The largest absolute Gasteiger partial charge is 0.482 e. The highest BCUT2D eigenvalue weighted by atomic mass is 35.5. The minimum atomic E-state index is -1.11. The van der Waals surface area contributed by atoms with Gasteiger partial charge in [0, 0.05) is 72.1 Å². The van der Waals surface area contributed by atoms with Crippen molar-refractivity contribution in [3.63, 3.8) is 0 Å². The van der Waals surface area contributed by atoms with Gasteiger partial charge in [-0.05, 0) is 48.3 Å². The average molecular weight is 530 g/mol. The van der Waals surface area contributed by atoms with E-state index in [1.807, 2.05) is 0 Å². The Morgan fingerprint density at radius 2 is 1.59 bits per heavy atom. The number of hydrogen-bond donors (Lipinski definition) is 1. The molecule has 1 aromatic carbocycles. The fraction of sp³-hybridized carbons (Fsp3) is 0.552. The van der Waals surface area contributed by atoms with Crippen LogP contribution in [0, 0.1) is 10.8 Å². The molecule has 0 atom stereocenters. The Morgan fingerprint density at radius 3 is 2.11 bits per heavy atom. The average Bonchev–Trinajstić information content (AvgIpc) is 2.77. The molecule has 7 nitrogen and oxygen atoms in total. The molecule has 4 rings (SSSR count). The van der Waals surface area contributed by atoms with E-state index in [-0.39, 0.29) is 22.4 Å². The van der Waals surface area contributed by atoms with Crippen LogP contribution >= 0.6 is 11.6 Å². The molecule has 8 heteroatoms. The summed E-state index contributed by atoms with van der Waals surface area (Å²) in [6.45, 7) is 9.05. The summed E-state index contributed by atoms with van der Waals surface area (Å²) < 4.78 is 11.0. The van der Waals surface area contributed by atoms with E-state index in [1.165, 1.54) is 0 Å². The Morgan fingerprint density at radius 1 is 1.03 bits per heavy atom. The number of methoxy groups -OCH3 is 1. The van der Waals surface area contributed by atoms with Crippen LogP contribution in [0.4, 0.5) is 0 Å². The first-order valence-electron chi connectivity index (χ1n) is 12.8. The molecule has 1 aromatic rings. The van der Waals surface area contributed by atoms with Gasteiger partial charge in [-0.3, -0.25) is 9.59 Å². The second kappa shape index (κ2) is 10.3. The summed E-state index contributed by atoms with van der Waals surface area (Å²) >= 11 is 6.43. The fourth-order valence-electron chi connectivity index (χ4n) is 6.01. The summed E-state index contributed by atoms with van der Waals surface area (Å²) in [6.07, 6.45) is 2.86. The monoisotopic (exact) mass is 529 g/mol. The normalized spacial score (nSPS) is 21.2. The fourth-order valence-corrected chi connectivity index (χ4v) is 6.19. The van der Waals surface area contributed by atoms with Gasteiger partial charge in [0.25, 0.3) is 0 Å². The highest BCUT2D eigenvalue weighted by molar-refractivity contribution is 6.30. The van der Waals surface area contributed by atoms with Crippen LogP contribution in [-0.4, -0.2) is 54.4 Å². The Hall–Kier alpha value is -2.64. The van der Waals surface area contributed by atoms with Crippen LogP contribution < -0.4 is 4.74 Å². The maximum atomic E-state index is 13.9. The van der Waals surface area contributed by atoms with Crippen LogP contribution in [0.3, 0.4) is 0 Å². The lowest BCUT2D eigenvalue weighted by atomic mass is 9.63. The molecule has 0 fully saturated rings. The van der Waals surface area contributed by atoms with Gasteiger partial charge in [-0.2, -0.15) is 0 Å². The van der Waals surface area contributed by atoms with Crippen LogP contribution in [0.15, 0.2) is 40.7 Å². The molecule has 0 bridgehead atoms. The number of aliphatic carboxylic acids is 1. The van der Waals surface area contributed by atoms with Gasteiger partial charge in [0.2, 0.25) is 0 Å². The molecule has 2 aliphatic carbocycles. The molecule has 37 heavy (non-hydrogen) atoms. The summed E-state index contributed by atoms with van der Waals surface area (Å²) in [7, 11) is 1.67. The summed E-state index contributed by atoms with van der Waals surface area (Å²) in [5.41, 5.74) is 3.18. The number of halogens is 1. The second-order valence-corrected chi connectivity index (χ2v) is 12.3. The minimum absolute atomic E-state index is 0.00124. The van der Waals surface area contributed by atoms with E-state index in [0.29, 0.717) is 66.3 Å². The third kappa shape index (κ3) is 5.63. The van der Waals surface area contributed by atoms with Gasteiger partial charge < -0.3 is 19.5 Å². The van der Waals surface area contributed by atoms with Crippen LogP contribution in [0.2, 0.25) is 5.02 Å². The molecule has 0 saturated heterocycles. The van der Waals surface area contributed by atoms with Crippen molar-refractivity contribution in [2.45, 2.75) is 65.7 Å². The van der Waals surface area contributed by atoms with E-state index in [2.05, 4.69) is 32.6 Å². The van der Waals surface area contributed by atoms with Crippen molar-refractivity contribution in [1.29, 1.82) is 0 Å². The standard InChI is InChI=1S/C29H36ClNO6/c1-28(2)12-19-26(21(32)14-28)25(18-11-17(30)7-8-23(18)37-16-24(34)35)27-20(31(19)9-6-10-36-5)13-29(3,4)15-22(27)33/h7-8,11,25H,6,9-10,12-16H2,1-5H3,(H,34,35). The highest BCUT2D eigenvalue weighted by Crippen LogP contribution is 2.55. The van der Waals surface area contributed by atoms with Crippen LogP contribution in [0.1, 0.15) is 71.3 Å². The molecular weight excluding hydrogens is 494 g/mol. The van der Waals surface area contributed by atoms with Crippen LogP contribution in [-0.2, 0) is 19.1 Å². The maximum Gasteiger partial charge on any atom is 0.341 e. The summed E-state index contributed by atoms with van der Waals surface area (Å²) in [5.74, 6) is -1.45. The Labute approximate surface area is 223 Å². The molecule has 0 spiro atoms. The van der Waals surface area contributed by atoms with Crippen molar-refractivity contribution in [1.82, 2.24) is 4.90 Å². The molecule has 0 amide bonds. The topological polar surface area (TPSA) is 93.1 Å². The van der Waals surface area contributed by atoms with Crippen molar-refractivity contribution < 1.29 is 29.0 Å². The SMILES string of the molecule is COCCCN1C2=C(C(=O)CC(C)(C)C2)C(c2cc(Cl)ccc2OCC(=O)O)C2=C1CC(C)(C)CC2=O. The third-order valence-corrected chi connectivity index (χ3v) is 7.62. The first-order valence-corrected chi connectivity index (χ1v) is 13.1. The van der Waals surface area contributed by atoms with Crippen LogP contribution in [0.25, 0.3) is 0 Å². The number of rotatable bonds is 8. The van der Waals surface area contributed by atoms with Gasteiger partial charge in [0.1, 0.15) is 5.75 Å². The second-order valence-electron chi connectivity index (χ2n) is 11.9. The number of carboxylic acid groups (broad SMARTS) is 1. The smallest absolute Gasteiger partial charge is 0.341 e. The first-order chi connectivity index (χ1) is 17.3. The number of ketones is 2. The number of nitrogens with zero attached hydrogens (tertiary/aromatic N) is 1. The predicted molar refractivity (Wildman–Crippen MR) is 141 cm³/mol. The maximum absolute atomic E-state index is 13.9. The lowest BCUT2D eigenvalue weighted by molar-refractivity contribution is -0.139. The van der Waals surface area contributed by atoms with Crippen molar-refractivity contribution in [3.05, 3.63) is 51.3 Å². The number of carbonyl (C=O) groups excluding carboxylic acids is 2. The molecule has 0 saturated carbocycles. The van der Waals surface area contributed by atoms with E-state index in [4.69, 9.17) is 21.1 Å². The predicted octanol–water partition coefficient (Wildman–Crippen LogP) is 5.53. The number of carbonyl (C=O) groups is 3. The number of allylic oxidation sites excluding steroid dienone is 4. The number of hydrogen-bond acceptors (Lipinski definition) is 6. The Bertz CT molecular complexity index is 1140. The summed E-state index contributed by atoms with van der Waals surface area (Å²) in [4.78, 5) is 41.2. The molecule has 0 unspecified atom stereocenters. The summed E-state index contributed by atoms with van der Waals surface area (Å²) in [5, 5.41) is 9.67. The highest BCUT2D eigenvalue weighted by Gasteiger charge is 2.49. The quantitative estimate of drug-likeness (QED) is 0.443. The molecule has 200 valence electrons. The molecule has 1 heterocycles. The third-order valence-electron chi connectivity index (χ3n) is 7.39. The van der Waals surface area contributed by atoms with Crippen molar-refractivity contribution in [2.24, 2.45) is 10.8 Å². The zero-order valence-electron chi connectivity index (χ0n) is 22.3. The van der Waals surface area contributed by atoms with E-state index >= 15 is 0 Å². The van der Waals surface area contributed by atoms with Gasteiger partial charge >= 0.3 is 5.97 Å². The summed E-state index contributed by atoms with van der Waals surface area (Å²) in [6, 6.07) is 4.96. The van der Waals surface area contributed by atoms with E-state index < -0.39 is 18.5 Å². The van der Waals surface area contributed by atoms with Gasteiger partial charge in [-0.15, -0.1) is 0 Å². The zero-order chi connectivity index (χ0) is 27.1. The first kappa shape index (κ1) is 27.4. The lowest BCUT2D eigenvalue weighted by Gasteiger charge is -2.49. The van der Waals surface area contributed by atoms with E-state index in [1.54, 1.807) is 25.3 Å². The number of ether oxygens (including phenoxy) is 2. The molecule has 0 aromatic heterocycles. The lowest BCUT2D eigenvalue weighted by Crippen LogP contribution is -2.45. The van der Waals surface area contributed by atoms with Gasteiger partial charge in [-0.25, -0.2) is 4.79 Å². The molecule has 1 aliphatic heterocycles. The van der Waals surface area contributed by atoms with E-state index in [0.717, 1.165) is 17.8 Å². The number of Topliss-reactive ketones (excluding diaryl/α,β-unsaturated/α-hetero) is 2. The molecular formula is C29H36ClNO6. The van der Waals surface area contributed by atoms with Gasteiger partial charge in [0.15, 0.2) is 18.2 Å². The van der Waals surface area contributed by atoms with Crippen molar-refractivity contribution in [2.75, 3.05) is 26.9 Å². The van der Waals surface area contributed by atoms with Gasteiger partial charge in [0.05, 0.1) is 0 Å². The Kier molecular flexibility index (Phi) is 7.59.